The van der Waals surface area contributed by atoms with Crippen LogP contribution in [-0.4, -0.2) is 26.3 Å². The van der Waals surface area contributed by atoms with Crippen LogP contribution < -0.4 is 15.6 Å². The van der Waals surface area contributed by atoms with Crippen LogP contribution in [0.4, 0.5) is 0 Å². The summed E-state index contributed by atoms with van der Waals surface area (Å²) in [5, 5.41) is 0.992. The van der Waals surface area contributed by atoms with Gasteiger partial charge in [-0.05, 0) is 29.7 Å². The number of hydrogen-bond acceptors (Lipinski definition) is 5. The Labute approximate surface area is 157 Å². The molecule has 0 aliphatic heterocycles. The van der Waals surface area contributed by atoms with Crippen molar-refractivity contribution in [3.63, 3.8) is 0 Å². The highest BCUT2D eigenvalue weighted by atomic mass is 32.2. The number of carbonyl (C=O) groups is 2. The molecule has 1 atom stereocenters. The fourth-order valence-electron chi connectivity index (χ4n) is 2.11. The van der Waals surface area contributed by atoms with E-state index in [1.807, 2.05) is 6.07 Å². The number of nitrogens with one attached hydrogen (secondary N) is 3. The molecule has 0 spiro atoms. The Balaban J connectivity index is 2.00. The Morgan fingerprint density at radius 3 is 2.33 bits per heavy atom. The van der Waals surface area contributed by atoms with Gasteiger partial charge in [0, 0.05) is 5.41 Å². The van der Waals surface area contributed by atoms with Crippen molar-refractivity contribution >= 4 is 27.9 Å². The molecule has 0 fully saturated rings. The molecule has 1 heterocycles. The maximum absolute atomic E-state index is 12.3. The van der Waals surface area contributed by atoms with E-state index in [-0.39, 0.29) is 11.7 Å². The Kier molecular flexibility index (Phi) is 6.91. The fourth-order valence-corrected chi connectivity index (χ4v) is 3.25. The molecule has 1 aromatic carbocycles. The summed E-state index contributed by atoms with van der Waals surface area (Å²) in [6.07, 6.45) is 2.75. The molecule has 8 nitrogen and oxygen atoms in total. The zero-order valence-electron chi connectivity index (χ0n) is 14.9. The molecule has 2 aromatic rings. The van der Waals surface area contributed by atoms with Crippen LogP contribution in [0.5, 0.6) is 0 Å². The first-order valence-corrected chi connectivity index (χ1v) is 9.72. The summed E-state index contributed by atoms with van der Waals surface area (Å²) in [7, 11) is -3.87. The van der Waals surface area contributed by atoms with E-state index < -0.39 is 27.9 Å². The summed E-state index contributed by atoms with van der Waals surface area (Å²) < 4.78 is 31.8. The third-order valence-electron chi connectivity index (χ3n) is 3.52. The highest BCUT2D eigenvalue weighted by molar-refractivity contribution is 7.92. The lowest BCUT2D eigenvalue weighted by atomic mass is 10.1. The second-order valence-electron chi connectivity index (χ2n) is 6.02. The van der Waals surface area contributed by atoms with E-state index in [0.29, 0.717) is 5.56 Å². The average molecular weight is 391 g/mol. The molecule has 3 N–H and O–H groups in total. The van der Waals surface area contributed by atoms with Gasteiger partial charge in [0.2, 0.25) is 10.0 Å². The van der Waals surface area contributed by atoms with Crippen molar-refractivity contribution in [2.24, 2.45) is 5.92 Å². The molecule has 0 bridgehead atoms. The molecule has 0 saturated heterocycles. The molecule has 0 aliphatic carbocycles. The lowest BCUT2D eigenvalue weighted by molar-refractivity contribution is -0.124. The van der Waals surface area contributed by atoms with Gasteiger partial charge in [0.25, 0.3) is 5.91 Å². The van der Waals surface area contributed by atoms with E-state index in [4.69, 9.17) is 4.42 Å². The standard InChI is InChI=1S/C18H21N3O5S/c1-13(2)16(18(23)20-19-17(22)15-9-6-11-26-15)21-27(24,25)12-10-14-7-4-3-5-8-14/h3-13,16,21H,1-2H3,(H,19,22)(H,20,23)/b12-10+. The third-order valence-corrected chi connectivity index (χ3v) is 4.60. The second-order valence-corrected chi connectivity index (χ2v) is 7.62. The minimum atomic E-state index is -3.87. The van der Waals surface area contributed by atoms with Crippen LogP contribution >= 0.6 is 0 Å². The van der Waals surface area contributed by atoms with Crippen molar-refractivity contribution in [3.8, 4) is 0 Å². The normalized spacial score (nSPS) is 12.9. The first kappa shape index (κ1) is 20.4. The van der Waals surface area contributed by atoms with Gasteiger partial charge >= 0.3 is 5.91 Å². The Hall–Kier alpha value is -2.91. The van der Waals surface area contributed by atoms with Gasteiger partial charge in [-0.2, -0.15) is 4.72 Å². The summed E-state index contributed by atoms with van der Waals surface area (Å²) in [6, 6.07) is 10.8. The number of carbonyl (C=O) groups excluding carboxylic acids is 2. The van der Waals surface area contributed by atoms with E-state index >= 15 is 0 Å². The lowest BCUT2D eigenvalue weighted by Gasteiger charge is -2.20. The SMILES string of the molecule is CC(C)C(NS(=O)(=O)/C=C/c1ccccc1)C(=O)NNC(=O)c1ccco1. The molecule has 0 aliphatic rings. The van der Waals surface area contributed by atoms with Crippen LogP contribution in [-0.2, 0) is 14.8 Å². The first-order valence-electron chi connectivity index (χ1n) is 8.17. The lowest BCUT2D eigenvalue weighted by Crippen LogP contribution is -2.53. The van der Waals surface area contributed by atoms with Gasteiger partial charge < -0.3 is 4.42 Å². The zero-order valence-corrected chi connectivity index (χ0v) is 15.7. The number of rotatable bonds is 7. The summed E-state index contributed by atoms with van der Waals surface area (Å²) >= 11 is 0. The van der Waals surface area contributed by atoms with Crippen LogP contribution in [0.25, 0.3) is 6.08 Å². The van der Waals surface area contributed by atoms with Gasteiger partial charge in [-0.25, -0.2) is 8.42 Å². The van der Waals surface area contributed by atoms with E-state index in [0.717, 1.165) is 5.41 Å². The van der Waals surface area contributed by atoms with Gasteiger partial charge in [-0.15, -0.1) is 0 Å². The number of sulfonamides is 1. The molecule has 2 rings (SSSR count). The molecule has 0 saturated carbocycles. The Morgan fingerprint density at radius 2 is 1.74 bits per heavy atom. The van der Waals surface area contributed by atoms with Gasteiger partial charge in [0.15, 0.2) is 5.76 Å². The number of amides is 2. The molecule has 1 unspecified atom stereocenters. The van der Waals surface area contributed by atoms with Gasteiger partial charge in [-0.1, -0.05) is 44.2 Å². The molecule has 9 heteroatoms. The highest BCUT2D eigenvalue weighted by Gasteiger charge is 2.26. The summed E-state index contributed by atoms with van der Waals surface area (Å²) in [5.74, 6) is -1.68. The summed E-state index contributed by atoms with van der Waals surface area (Å²) in [5.41, 5.74) is 5.09. The monoisotopic (exact) mass is 391 g/mol. The first-order chi connectivity index (χ1) is 12.8. The van der Waals surface area contributed by atoms with Crippen LogP contribution in [0.15, 0.2) is 58.6 Å². The van der Waals surface area contributed by atoms with Crippen LogP contribution in [0.3, 0.4) is 0 Å². The highest BCUT2D eigenvalue weighted by Crippen LogP contribution is 2.07. The minimum absolute atomic E-state index is 0.0165. The third kappa shape index (κ3) is 6.39. The molecule has 27 heavy (non-hydrogen) atoms. The smallest absolute Gasteiger partial charge is 0.305 e. The number of hydrogen-bond donors (Lipinski definition) is 3. The number of hydrazine groups is 1. The zero-order chi connectivity index (χ0) is 19.9. The minimum Gasteiger partial charge on any atom is -0.459 e. The predicted molar refractivity (Wildman–Crippen MR) is 100 cm³/mol. The summed E-state index contributed by atoms with van der Waals surface area (Å²) in [4.78, 5) is 24.1. The predicted octanol–water partition coefficient (Wildman–Crippen LogP) is 1.66. The molecule has 1 aromatic heterocycles. The van der Waals surface area contributed by atoms with Gasteiger partial charge in [-0.3, -0.25) is 20.4 Å². The van der Waals surface area contributed by atoms with Gasteiger partial charge in [0.1, 0.15) is 6.04 Å². The van der Waals surface area contributed by atoms with E-state index in [1.165, 1.54) is 24.5 Å². The van der Waals surface area contributed by atoms with E-state index in [9.17, 15) is 18.0 Å². The molecule has 144 valence electrons. The number of benzene rings is 1. The van der Waals surface area contributed by atoms with Crippen LogP contribution in [0, 0.1) is 5.92 Å². The second kappa shape index (κ2) is 9.15. The summed E-state index contributed by atoms with van der Waals surface area (Å²) in [6.45, 7) is 3.37. The fraction of sp³-hybridized carbons (Fsp3) is 0.222. The largest absolute Gasteiger partial charge is 0.459 e. The maximum atomic E-state index is 12.3. The quantitative estimate of drug-likeness (QED) is 0.621. The Morgan fingerprint density at radius 1 is 1.04 bits per heavy atom. The molecular weight excluding hydrogens is 370 g/mol. The molecule has 0 radical (unpaired) electrons. The topological polar surface area (TPSA) is 118 Å². The Bertz CT molecular complexity index is 890. The maximum Gasteiger partial charge on any atom is 0.305 e. The molecule has 2 amide bonds. The van der Waals surface area contributed by atoms with E-state index in [1.54, 1.807) is 38.1 Å². The molecular formula is C18H21N3O5S. The van der Waals surface area contributed by atoms with Crippen molar-refractivity contribution in [2.45, 2.75) is 19.9 Å². The van der Waals surface area contributed by atoms with Crippen molar-refractivity contribution in [3.05, 3.63) is 65.5 Å². The van der Waals surface area contributed by atoms with Crippen molar-refractivity contribution in [1.82, 2.24) is 15.6 Å². The van der Waals surface area contributed by atoms with Crippen LogP contribution in [0.2, 0.25) is 0 Å². The van der Waals surface area contributed by atoms with E-state index in [2.05, 4.69) is 15.6 Å². The van der Waals surface area contributed by atoms with Crippen molar-refractivity contribution in [2.75, 3.05) is 0 Å². The van der Waals surface area contributed by atoms with Crippen molar-refractivity contribution in [1.29, 1.82) is 0 Å². The average Bonchev–Trinajstić information content (AvgIpc) is 3.18. The van der Waals surface area contributed by atoms with Crippen molar-refractivity contribution < 1.29 is 22.4 Å². The van der Waals surface area contributed by atoms with Gasteiger partial charge in [0.05, 0.1) is 6.26 Å². The van der Waals surface area contributed by atoms with Crippen LogP contribution in [0.1, 0.15) is 30.0 Å². The number of furan rings is 1.